The molecule has 1 aliphatic rings. The third kappa shape index (κ3) is 4.56. The van der Waals surface area contributed by atoms with E-state index in [1.165, 1.54) is 5.56 Å². The van der Waals surface area contributed by atoms with Crippen molar-refractivity contribution in [2.24, 2.45) is 0 Å². The van der Waals surface area contributed by atoms with Gasteiger partial charge in [0, 0.05) is 23.3 Å². The lowest BCUT2D eigenvalue weighted by Gasteiger charge is -2.25. The van der Waals surface area contributed by atoms with Gasteiger partial charge in [0.15, 0.2) is 5.60 Å². The molecule has 0 fully saturated rings. The van der Waals surface area contributed by atoms with E-state index in [0.29, 0.717) is 5.25 Å². The molecule has 5 heteroatoms. The Kier molecular flexibility index (Phi) is 6.90. The smallest absolute Gasteiger partial charge is 0.206 e. The molecule has 0 amide bonds. The van der Waals surface area contributed by atoms with Crippen molar-refractivity contribution in [1.82, 2.24) is 0 Å². The summed E-state index contributed by atoms with van der Waals surface area (Å²) in [5.41, 5.74) is 1.33. The highest BCUT2D eigenvalue weighted by atomic mass is 32.2. The molecular weight excluding hydrogens is 380 g/mol. The minimum absolute atomic E-state index is 0.0304. The first-order chi connectivity index (χ1) is 12.6. The predicted octanol–water partition coefficient (Wildman–Crippen LogP) is 6.02. The van der Waals surface area contributed by atoms with E-state index in [2.05, 4.69) is 29.5 Å². The quantitative estimate of drug-likeness (QED) is 0.409. The lowest BCUT2D eigenvalue weighted by atomic mass is 9.92. The molecular formula is C21H24O2S3. The second-order valence-corrected chi connectivity index (χ2v) is 9.07. The first-order valence-electron chi connectivity index (χ1n) is 8.87. The summed E-state index contributed by atoms with van der Waals surface area (Å²) in [4.78, 5) is 12.7. The van der Waals surface area contributed by atoms with Gasteiger partial charge in [-0.15, -0.1) is 0 Å². The molecule has 2 atom stereocenters. The van der Waals surface area contributed by atoms with E-state index >= 15 is 0 Å². The number of hydrogen-bond donors (Lipinski definition) is 1. The van der Waals surface area contributed by atoms with Gasteiger partial charge >= 0.3 is 0 Å². The first kappa shape index (κ1) is 19.6. The standard InChI is InChI=1S/C21H24O2S3/c1-21(17-7-3-2-4-8-17)20(22)14-18(23-21)13-19(16-9-12-25-15-16)26-11-6-5-10-24/h2-4,7-9,12,14-15,19,24H,5-6,10-11,13H2,1H3. The Morgan fingerprint density at radius 2 is 2.04 bits per heavy atom. The van der Waals surface area contributed by atoms with Gasteiger partial charge in [-0.25, -0.2) is 0 Å². The second-order valence-electron chi connectivity index (χ2n) is 6.53. The van der Waals surface area contributed by atoms with Crippen molar-refractivity contribution in [3.05, 3.63) is 70.1 Å². The number of carbonyl (C=O) groups excluding carboxylic acids is 1. The van der Waals surface area contributed by atoms with Gasteiger partial charge in [0.05, 0.1) is 0 Å². The Balaban J connectivity index is 1.69. The molecule has 1 aromatic carbocycles. The van der Waals surface area contributed by atoms with Gasteiger partial charge < -0.3 is 4.74 Å². The van der Waals surface area contributed by atoms with Crippen LogP contribution in [0.15, 0.2) is 59.0 Å². The van der Waals surface area contributed by atoms with E-state index < -0.39 is 5.60 Å². The maximum absolute atomic E-state index is 12.7. The Labute approximate surface area is 169 Å². The van der Waals surface area contributed by atoms with Gasteiger partial charge in [-0.1, -0.05) is 30.3 Å². The van der Waals surface area contributed by atoms with Gasteiger partial charge in [-0.3, -0.25) is 4.79 Å². The van der Waals surface area contributed by atoms with Gasteiger partial charge in [0.2, 0.25) is 5.78 Å². The SMILES string of the molecule is CC1(c2ccccc2)OC(CC(SCCCCS)c2ccsc2)=CC1=O. The molecule has 2 heterocycles. The number of ether oxygens (including phenoxy) is 1. The van der Waals surface area contributed by atoms with Crippen LogP contribution < -0.4 is 0 Å². The van der Waals surface area contributed by atoms with Crippen LogP contribution in [-0.2, 0) is 15.1 Å². The lowest BCUT2D eigenvalue weighted by Crippen LogP contribution is -2.29. The Morgan fingerprint density at radius 3 is 2.73 bits per heavy atom. The van der Waals surface area contributed by atoms with Crippen LogP contribution >= 0.6 is 35.7 Å². The van der Waals surface area contributed by atoms with E-state index in [4.69, 9.17) is 4.74 Å². The fourth-order valence-corrected chi connectivity index (χ4v) is 5.34. The van der Waals surface area contributed by atoms with E-state index in [1.54, 1.807) is 17.4 Å². The molecule has 2 unspecified atom stereocenters. The minimum Gasteiger partial charge on any atom is -0.479 e. The van der Waals surface area contributed by atoms with E-state index in [9.17, 15) is 4.79 Å². The molecule has 3 rings (SSSR count). The number of thioether (sulfide) groups is 1. The maximum atomic E-state index is 12.7. The molecule has 1 aromatic heterocycles. The average Bonchev–Trinajstić information content (AvgIpc) is 3.28. The molecule has 0 spiro atoms. The fraction of sp³-hybridized carbons (Fsp3) is 0.381. The number of benzene rings is 1. The molecule has 0 bridgehead atoms. The summed E-state index contributed by atoms with van der Waals surface area (Å²) < 4.78 is 6.19. The number of ketones is 1. The summed E-state index contributed by atoms with van der Waals surface area (Å²) in [7, 11) is 0. The zero-order valence-corrected chi connectivity index (χ0v) is 17.4. The molecule has 2 aromatic rings. The van der Waals surface area contributed by atoms with Gasteiger partial charge in [-0.05, 0) is 53.7 Å². The van der Waals surface area contributed by atoms with Crippen molar-refractivity contribution in [2.45, 2.75) is 37.0 Å². The zero-order valence-electron chi connectivity index (χ0n) is 14.9. The number of hydrogen-bond acceptors (Lipinski definition) is 5. The zero-order chi connectivity index (χ0) is 18.4. The van der Waals surface area contributed by atoms with Crippen molar-refractivity contribution in [3.63, 3.8) is 0 Å². The number of rotatable bonds is 9. The van der Waals surface area contributed by atoms with Crippen molar-refractivity contribution in [3.8, 4) is 0 Å². The topological polar surface area (TPSA) is 26.3 Å². The third-order valence-corrected chi connectivity index (χ3v) is 6.98. The van der Waals surface area contributed by atoms with Crippen molar-refractivity contribution < 1.29 is 9.53 Å². The summed E-state index contributed by atoms with van der Waals surface area (Å²) in [6, 6.07) is 11.9. The van der Waals surface area contributed by atoms with Crippen LogP contribution in [0.3, 0.4) is 0 Å². The number of unbranched alkanes of at least 4 members (excludes halogenated alkanes) is 1. The monoisotopic (exact) mass is 404 g/mol. The number of carbonyl (C=O) groups is 1. The van der Waals surface area contributed by atoms with Gasteiger partial charge in [0.1, 0.15) is 5.76 Å². The van der Waals surface area contributed by atoms with Gasteiger partial charge in [-0.2, -0.15) is 35.7 Å². The van der Waals surface area contributed by atoms with Crippen molar-refractivity contribution >= 4 is 41.5 Å². The Bertz CT molecular complexity index is 740. The molecule has 138 valence electrons. The highest BCUT2D eigenvalue weighted by molar-refractivity contribution is 7.99. The largest absolute Gasteiger partial charge is 0.479 e. The minimum atomic E-state index is -0.896. The highest BCUT2D eigenvalue weighted by Gasteiger charge is 2.42. The highest BCUT2D eigenvalue weighted by Crippen LogP contribution is 2.42. The third-order valence-electron chi connectivity index (χ3n) is 4.60. The van der Waals surface area contributed by atoms with Crippen LogP contribution in [0, 0.1) is 0 Å². The summed E-state index contributed by atoms with van der Waals surface area (Å²) in [6.45, 7) is 1.87. The average molecular weight is 405 g/mol. The van der Waals surface area contributed by atoms with Crippen LogP contribution in [0.25, 0.3) is 0 Å². The molecule has 0 saturated carbocycles. The molecule has 0 radical (unpaired) electrons. The molecule has 1 aliphatic heterocycles. The Morgan fingerprint density at radius 1 is 1.23 bits per heavy atom. The summed E-state index contributed by atoms with van der Waals surface area (Å²) in [6.07, 6.45) is 4.74. The van der Waals surface area contributed by atoms with Crippen LogP contribution in [0.1, 0.15) is 42.6 Å². The number of allylic oxidation sites excluding steroid dienone is 1. The number of thiol groups is 1. The summed E-state index contributed by atoms with van der Waals surface area (Å²) in [5, 5.41) is 4.63. The predicted molar refractivity (Wildman–Crippen MR) is 115 cm³/mol. The Hall–Kier alpha value is -1.17. The fourth-order valence-electron chi connectivity index (χ4n) is 3.04. The molecule has 26 heavy (non-hydrogen) atoms. The second kappa shape index (κ2) is 9.16. The normalized spacial score (nSPS) is 20.7. The molecule has 0 aliphatic carbocycles. The lowest BCUT2D eigenvalue weighted by molar-refractivity contribution is -0.129. The molecule has 0 saturated heterocycles. The molecule has 2 nitrogen and oxygen atoms in total. The van der Waals surface area contributed by atoms with E-state index in [-0.39, 0.29) is 5.78 Å². The maximum Gasteiger partial charge on any atom is 0.206 e. The van der Waals surface area contributed by atoms with Crippen LogP contribution in [-0.4, -0.2) is 17.3 Å². The molecule has 0 N–H and O–H groups in total. The van der Waals surface area contributed by atoms with E-state index in [1.807, 2.05) is 49.0 Å². The summed E-state index contributed by atoms with van der Waals surface area (Å²) in [5.74, 6) is 2.85. The van der Waals surface area contributed by atoms with E-state index in [0.717, 1.165) is 42.1 Å². The van der Waals surface area contributed by atoms with Crippen LogP contribution in [0.4, 0.5) is 0 Å². The van der Waals surface area contributed by atoms with Crippen molar-refractivity contribution in [2.75, 3.05) is 11.5 Å². The first-order valence-corrected chi connectivity index (χ1v) is 11.5. The summed E-state index contributed by atoms with van der Waals surface area (Å²) >= 11 is 7.95. The van der Waals surface area contributed by atoms with Crippen molar-refractivity contribution in [1.29, 1.82) is 0 Å². The number of thiophene rings is 1. The van der Waals surface area contributed by atoms with Crippen LogP contribution in [0.2, 0.25) is 0 Å². The van der Waals surface area contributed by atoms with Gasteiger partial charge in [0.25, 0.3) is 0 Å². The van der Waals surface area contributed by atoms with Crippen LogP contribution in [0.5, 0.6) is 0 Å².